The van der Waals surface area contributed by atoms with E-state index in [0.717, 1.165) is 62.4 Å². The molecule has 0 aromatic carbocycles. The molecule has 2 nitrogen and oxygen atoms in total. The smallest absolute Gasteiger partial charge is 0.139 e. The van der Waals surface area contributed by atoms with Crippen molar-refractivity contribution in [1.82, 2.24) is 0 Å². The third-order valence-electron chi connectivity index (χ3n) is 10.0. The minimum absolute atomic E-state index is 0.0172. The number of ketones is 1. The minimum Gasteiger partial charge on any atom is -0.386 e. The van der Waals surface area contributed by atoms with Crippen molar-refractivity contribution < 1.29 is 9.90 Å². The molecule has 5 aliphatic rings. The van der Waals surface area contributed by atoms with Crippen molar-refractivity contribution in [1.29, 1.82) is 0 Å². The van der Waals surface area contributed by atoms with Crippen LogP contribution in [-0.2, 0) is 4.79 Å². The molecule has 0 radical (unpaired) electrons. The molecule has 5 saturated carbocycles. The Labute approximate surface area is 146 Å². The van der Waals surface area contributed by atoms with Crippen molar-refractivity contribution in [2.24, 2.45) is 34.0 Å². The van der Waals surface area contributed by atoms with Crippen LogP contribution in [0.25, 0.3) is 0 Å². The fraction of sp³-hybridized carbons (Fsp3) is 0.864. The Bertz CT molecular complexity index is 638. The summed E-state index contributed by atoms with van der Waals surface area (Å²) in [6.45, 7) is 9.08. The summed E-state index contributed by atoms with van der Waals surface area (Å²) in [5, 5.41) is 11.0. The van der Waals surface area contributed by atoms with Gasteiger partial charge in [-0.15, -0.1) is 0 Å². The van der Waals surface area contributed by atoms with Gasteiger partial charge in [0.25, 0.3) is 0 Å². The summed E-state index contributed by atoms with van der Waals surface area (Å²) in [6, 6.07) is 0. The van der Waals surface area contributed by atoms with Gasteiger partial charge < -0.3 is 5.11 Å². The predicted molar refractivity (Wildman–Crippen MR) is 94.4 cm³/mol. The van der Waals surface area contributed by atoms with Crippen LogP contribution < -0.4 is 0 Å². The molecule has 0 unspecified atom stereocenters. The first-order valence-electron chi connectivity index (χ1n) is 10.2. The number of hydrogen-bond acceptors (Lipinski definition) is 2. The molecule has 24 heavy (non-hydrogen) atoms. The summed E-state index contributed by atoms with van der Waals surface area (Å²) in [4.78, 5) is 12.5. The first-order valence-corrected chi connectivity index (χ1v) is 10.2. The molecule has 0 heterocycles. The average molecular weight is 328 g/mol. The minimum atomic E-state index is -0.571. The van der Waals surface area contributed by atoms with Crippen molar-refractivity contribution in [3.05, 3.63) is 12.2 Å². The zero-order valence-electron chi connectivity index (χ0n) is 15.4. The fourth-order valence-electron chi connectivity index (χ4n) is 8.46. The van der Waals surface area contributed by atoms with E-state index in [1.165, 1.54) is 19.3 Å². The second kappa shape index (κ2) is 4.37. The van der Waals surface area contributed by atoms with Crippen LogP contribution in [0.3, 0.4) is 0 Å². The van der Waals surface area contributed by atoms with E-state index in [0.29, 0.717) is 17.1 Å². The van der Waals surface area contributed by atoms with Crippen LogP contribution in [0, 0.1) is 34.0 Å². The van der Waals surface area contributed by atoms with Gasteiger partial charge in [-0.1, -0.05) is 20.4 Å². The first kappa shape index (κ1) is 15.6. The Morgan fingerprint density at radius 1 is 1.04 bits per heavy atom. The quantitative estimate of drug-likeness (QED) is 0.657. The first-order chi connectivity index (χ1) is 11.2. The van der Waals surface area contributed by atoms with E-state index in [1.54, 1.807) is 0 Å². The maximum Gasteiger partial charge on any atom is 0.139 e. The molecule has 0 amide bonds. The number of fused-ring (bicyclic) bond motifs is 5. The van der Waals surface area contributed by atoms with E-state index in [-0.39, 0.29) is 10.8 Å². The van der Waals surface area contributed by atoms with Crippen LogP contribution in [-0.4, -0.2) is 16.5 Å². The van der Waals surface area contributed by atoms with Gasteiger partial charge in [0.15, 0.2) is 0 Å². The zero-order chi connectivity index (χ0) is 17.0. The number of hydrogen-bond donors (Lipinski definition) is 1. The van der Waals surface area contributed by atoms with Gasteiger partial charge in [-0.2, -0.15) is 0 Å². The Kier molecular flexibility index (Phi) is 2.84. The Morgan fingerprint density at radius 2 is 1.83 bits per heavy atom. The maximum atomic E-state index is 12.5. The number of carbonyl (C=O) groups is 1. The second-order valence-electron chi connectivity index (χ2n) is 10.5. The van der Waals surface area contributed by atoms with Crippen LogP contribution in [0.15, 0.2) is 12.2 Å². The highest BCUT2D eigenvalue weighted by Gasteiger charge is 2.69. The van der Waals surface area contributed by atoms with Gasteiger partial charge in [0.2, 0.25) is 0 Å². The third kappa shape index (κ3) is 1.56. The molecule has 2 heteroatoms. The van der Waals surface area contributed by atoms with Gasteiger partial charge in [-0.25, -0.2) is 0 Å². The largest absolute Gasteiger partial charge is 0.386 e. The van der Waals surface area contributed by atoms with Crippen molar-refractivity contribution in [3.63, 3.8) is 0 Å². The zero-order valence-corrected chi connectivity index (χ0v) is 15.4. The summed E-state index contributed by atoms with van der Waals surface area (Å²) in [5.41, 5.74) is 1.15. The summed E-state index contributed by atoms with van der Waals surface area (Å²) in [6.07, 6.45) is 10.9. The molecule has 1 spiro atoms. The molecular formula is C22H32O2. The van der Waals surface area contributed by atoms with Crippen molar-refractivity contribution in [3.8, 4) is 0 Å². The van der Waals surface area contributed by atoms with Crippen LogP contribution in [0.4, 0.5) is 0 Å². The Morgan fingerprint density at radius 3 is 2.62 bits per heavy atom. The fourth-order valence-corrected chi connectivity index (χ4v) is 8.46. The lowest BCUT2D eigenvalue weighted by Crippen LogP contribution is -2.58. The van der Waals surface area contributed by atoms with Crippen molar-refractivity contribution >= 4 is 5.78 Å². The van der Waals surface area contributed by atoms with Crippen LogP contribution in [0.1, 0.15) is 78.1 Å². The second-order valence-corrected chi connectivity index (χ2v) is 10.5. The lowest BCUT2D eigenvalue weighted by atomic mass is 9.40. The molecule has 1 N–H and O–H groups in total. The highest BCUT2D eigenvalue weighted by atomic mass is 16.3. The predicted octanol–water partition coefficient (Wildman–Crippen LogP) is 4.66. The Balaban J connectivity index is 1.54. The standard InChI is InChI=1S/C22H32O2/c1-14-12-21-9-6-15-16-4-5-18(23)19(16,2)8-7-17(15)20(21,3)10-11-22(14,24)13-21/h15-17,24H,1,4-13H2,2-3H3/t15-,16-,17-,19-,20+,21+,22-/m0/s1. The van der Waals surface area contributed by atoms with Crippen molar-refractivity contribution in [2.45, 2.75) is 83.7 Å². The third-order valence-corrected chi connectivity index (χ3v) is 10.0. The summed E-state index contributed by atoms with van der Waals surface area (Å²) < 4.78 is 0. The van der Waals surface area contributed by atoms with Gasteiger partial charge in [-0.3, -0.25) is 4.79 Å². The average Bonchev–Trinajstić information content (AvgIpc) is 2.95. The number of rotatable bonds is 0. The Hall–Kier alpha value is -0.630. The molecule has 0 aromatic rings. The monoisotopic (exact) mass is 328 g/mol. The number of Topliss-reactive ketones (excluding diaryl/α,β-unsaturated/α-hetero) is 1. The highest BCUT2D eigenvalue weighted by molar-refractivity contribution is 5.87. The van der Waals surface area contributed by atoms with Crippen LogP contribution >= 0.6 is 0 Å². The summed E-state index contributed by atoms with van der Waals surface area (Å²) in [5.74, 6) is 2.67. The number of carbonyl (C=O) groups excluding carboxylic acids is 1. The lowest BCUT2D eigenvalue weighted by Gasteiger charge is -2.64. The molecule has 0 aromatic heterocycles. The van der Waals surface area contributed by atoms with E-state index < -0.39 is 5.60 Å². The summed E-state index contributed by atoms with van der Waals surface area (Å²) in [7, 11) is 0. The van der Waals surface area contributed by atoms with Gasteiger partial charge >= 0.3 is 0 Å². The molecule has 5 fully saturated rings. The van der Waals surface area contributed by atoms with Crippen LogP contribution in [0.5, 0.6) is 0 Å². The maximum absolute atomic E-state index is 12.5. The molecular weight excluding hydrogens is 296 g/mol. The molecule has 2 bridgehead atoms. The molecule has 0 saturated heterocycles. The molecule has 132 valence electrons. The van der Waals surface area contributed by atoms with E-state index in [4.69, 9.17) is 0 Å². The van der Waals surface area contributed by atoms with E-state index >= 15 is 0 Å². The molecule has 7 atom stereocenters. The molecule has 5 rings (SSSR count). The summed E-state index contributed by atoms with van der Waals surface area (Å²) >= 11 is 0. The topological polar surface area (TPSA) is 37.3 Å². The van der Waals surface area contributed by atoms with Gasteiger partial charge in [0.05, 0.1) is 5.60 Å². The van der Waals surface area contributed by atoms with E-state index in [1.807, 2.05) is 0 Å². The van der Waals surface area contributed by atoms with E-state index in [2.05, 4.69) is 20.4 Å². The van der Waals surface area contributed by atoms with Crippen molar-refractivity contribution in [2.75, 3.05) is 0 Å². The molecule has 5 aliphatic carbocycles. The van der Waals surface area contributed by atoms with Gasteiger partial charge in [0.1, 0.15) is 5.78 Å². The lowest BCUT2D eigenvalue weighted by molar-refractivity contribution is -0.170. The SMILES string of the molecule is C=C1C[C@@]23CC[C@H]4[C@@H]5CCC(=O)[C@@]5(C)CC[C@@H]4[C@@]2(C)CC[C@]1(O)C3. The molecule has 0 aliphatic heterocycles. The highest BCUT2D eigenvalue weighted by Crippen LogP contribution is 2.74. The van der Waals surface area contributed by atoms with Crippen LogP contribution in [0.2, 0.25) is 0 Å². The van der Waals surface area contributed by atoms with Gasteiger partial charge in [0, 0.05) is 11.8 Å². The van der Waals surface area contributed by atoms with E-state index in [9.17, 15) is 9.90 Å². The number of aliphatic hydroxyl groups is 1. The normalized spacial score (nSPS) is 59.0. The van der Waals surface area contributed by atoms with Gasteiger partial charge in [-0.05, 0) is 91.9 Å².